The van der Waals surface area contributed by atoms with Crippen LogP contribution in [0.2, 0.25) is 0 Å². The van der Waals surface area contributed by atoms with Gasteiger partial charge in [-0.1, -0.05) is 6.08 Å². The van der Waals surface area contributed by atoms with Crippen LogP contribution >= 0.6 is 0 Å². The Labute approximate surface area is 55.7 Å². The van der Waals surface area contributed by atoms with E-state index in [-0.39, 0.29) is 0 Å². The SMILES string of the molecule is C1=N/C=C\CNCCC1. The Balaban J connectivity index is 2.28. The second-order valence-corrected chi connectivity index (χ2v) is 2.06. The maximum absolute atomic E-state index is 4.05. The first kappa shape index (κ1) is 6.49. The smallest absolute Gasteiger partial charge is 0.0236 e. The number of nitrogens with zero attached hydrogens (tertiary/aromatic N) is 1. The Kier molecular flexibility index (Phi) is 3.08. The maximum atomic E-state index is 4.05. The third-order valence-corrected chi connectivity index (χ3v) is 1.25. The lowest BCUT2D eigenvalue weighted by Gasteiger charge is -1.95. The lowest BCUT2D eigenvalue weighted by atomic mass is 10.3. The van der Waals surface area contributed by atoms with Gasteiger partial charge in [-0.2, -0.15) is 0 Å². The Morgan fingerprint density at radius 1 is 1.44 bits per heavy atom. The van der Waals surface area contributed by atoms with E-state index in [1.807, 2.05) is 18.5 Å². The topological polar surface area (TPSA) is 24.4 Å². The molecule has 0 aromatic rings. The molecule has 0 radical (unpaired) electrons. The molecule has 0 saturated heterocycles. The molecular formula is C7H12N2. The van der Waals surface area contributed by atoms with Crippen LogP contribution in [0, 0.1) is 0 Å². The van der Waals surface area contributed by atoms with Gasteiger partial charge in [-0.05, 0) is 19.4 Å². The van der Waals surface area contributed by atoms with Gasteiger partial charge in [0.1, 0.15) is 0 Å². The van der Waals surface area contributed by atoms with Gasteiger partial charge in [0.15, 0.2) is 0 Å². The number of rotatable bonds is 0. The summed E-state index contributed by atoms with van der Waals surface area (Å²) in [5.74, 6) is 0. The Morgan fingerprint density at radius 3 is 3.44 bits per heavy atom. The summed E-state index contributed by atoms with van der Waals surface area (Å²) in [5.41, 5.74) is 0. The summed E-state index contributed by atoms with van der Waals surface area (Å²) in [4.78, 5) is 4.05. The Morgan fingerprint density at radius 2 is 2.44 bits per heavy atom. The summed E-state index contributed by atoms with van der Waals surface area (Å²) in [6, 6.07) is 0. The molecule has 0 amide bonds. The van der Waals surface area contributed by atoms with E-state index >= 15 is 0 Å². The van der Waals surface area contributed by atoms with Crippen molar-refractivity contribution in [3.63, 3.8) is 0 Å². The molecule has 0 spiro atoms. The van der Waals surface area contributed by atoms with E-state index in [9.17, 15) is 0 Å². The highest BCUT2D eigenvalue weighted by atomic mass is 14.8. The molecule has 0 atom stereocenters. The third kappa shape index (κ3) is 3.03. The normalized spacial score (nSPS) is 24.0. The zero-order chi connectivity index (χ0) is 6.36. The molecule has 50 valence electrons. The van der Waals surface area contributed by atoms with Crippen LogP contribution in [-0.4, -0.2) is 19.3 Å². The third-order valence-electron chi connectivity index (χ3n) is 1.25. The summed E-state index contributed by atoms with van der Waals surface area (Å²) in [7, 11) is 0. The lowest BCUT2D eigenvalue weighted by Crippen LogP contribution is -2.14. The van der Waals surface area contributed by atoms with Gasteiger partial charge in [0.05, 0.1) is 0 Å². The number of aliphatic imine (C=N–C) groups is 1. The molecule has 0 fully saturated rings. The largest absolute Gasteiger partial charge is 0.313 e. The average Bonchev–Trinajstić information content (AvgIpc) is 2.00. The summed E-state index contributed by atoms with van der Waals surface area (Å²) in [6.07, 6.45) is 8.13. The Bertz CT molecular complexity index is 102. The highest BCUT2D eigenvalue weighted by molar-refractivity contribution is 5.57. The predicted octanol–water partition coefficient (Wildman–Crippen LogP) is 0.954. The molecular weight excluding hydrogens is 112 g/mol. The molecule has 0 bridgehead atoms. The minimum absolute atomic E-state index is 0.956. The highest BCUT2D eigenvalue weighted by Crippen LogP contribution is 1.86. The van der Waals surface area contributed by atoms with E-state index in [0.29, 0.717) is 0 Å². The fourth-order valence-corrected chi connectivity index (χ4v) is 0.753. The van der Waals surface area contributed by atoms with Crippen LogP contribution in [0.1, 0.15) is 12.8 Å². The number of nitrogens with one attached hydrogen (secondary N) is 1. The molecule has 2 heteroatoms. The molecule has 1 N–H and O–H groups in total. The van der Waals surface area contributed by atoms with E-state index in [4.69, 9.17) is 0 Å². The van der Waals surface area contributed by atoms with Gasteiger partial charge in [-0.3, -0.25) is 4.99 Å². The van der Waals surface area contributed by atoms with Crippen molar-refractivity contribution in [2.45, 2.75) is 12.8 Å². The molecule has 2 nitrogen and oxygen atoms in total. The highest BCUT2D eigenvalue weighted by Gasteiger charge is 1.84. The first-order valence-electron chi connectivity index (χ1n) is 3.37. The second kappa shape index (κ2) is 4.27. The molecule has 1 aliphatic rings. The molecule has 0 aliphatic carbocycles. The molecule has 9 heavy (non-hydrogen) atoms. The van der Waals surface area contributed by atoms with E-state index in [2.05, 4.69) is 10.3 Å². The zero-order valence-corrected chi connectivity index (χ0v) is 5.51. The van der Waals surface area contributed by atoms with Crippen molar-refractivity contribution >= 4 is 6.21 Å². The van der Waals surface area contributed by atoms with Gasteiger partial charge in [-0.25, -0.2) is 0 Å². The lowest BCUT2D eigenvalue weighted by molar-refractivity contribution is 0.714. The van der Waals surface area contributed by atoms with Crippen LogP contribution < -0.4 is 5.32 Å². The van der Waals surface area contributed by atoms with Crippen molar-refractivity contribution in [1.82, 2.24) is 5.32 Å². The van der Waals surface area contributed by atoms with Gasteiger partial charge < -0.3 is 5.32 Å². The molecule has 0 aromatic heterocycles. The minimum Gasteiger partial charge on any atom is -0.313 e. The van der Waals surface area contributed by atoms with Crippen molar-refractivity contribution in [2.75, 3.05) is 13.1 Å². The van der Waals surface area contributed by atoms with Gasteiger partial charge in [-0.15, -0.1) is 0 Å². The van der Waals surface area contributed by atoms with Crippen molar-refractivity contribution in [3.8, 4) is 0 Å². The van der Waals surface area contributed by atoms with Gasteiger partial charge in [0.2, 0.25) is 0 Å². The van der Waals surface area contributed by atoms with Crippen molar-refractivity contribution in [3.05, 3.63) is 12.3 Å². The van der Waals surface area contributed by atoms with E-state index in [1.54, 1.807) is 0 Å². The fourth-order valence-electron chi connectivity index (χ4n) is 0.753. The molecule has 1 aliphatic heterocycles. The first-order valence-corrected chi connectivity index (χ1v) is 3.37. The van der Waals surface area contributed by atoms with Gasteiger partial charge >= 0.3 is 0 Å². The zero-order valence-electron chi connectivity index (χ0n) is 5.51. The molecule has 0 unspecified atom stereocenters. The van der Waals surface area contributed by atoms with Crippen LogP contribution in [0.3, 0.4) is 0 Å². The van der Waals surface area contributed by atoms with Crippen molar-refractivity contribution in [1.29, 1.82) is 0 Å². The van der Waals surface area contributed by atoms with Crippen molar-refractivity contribution < 1.29 is 0 Å². The Hall–Kier alpha value is -0.630. The maximum Gasteiger partial charge on any atom is 0.0236 e. The van der Waals surface area contributed by atoms with E-state index in [1.165, 1.54) is 6.42 Å². The van der Waals surface area contributed by atoms with Crippen LogP contribution in [0.15, 0.2) is 17.3 Å². The second-order valence-electron chi connectivity index (χ2n) is 2.06. The summed E-state index contributed by atoms with van der Waals surface area (Å²) >= 11 is 0. The van der Waals surface area contributed by atoms with Crippen LogP contribution in [0.4, 0.5) is 0 Å². The standard InChI is InChI=1S/C7H12N2/c1-2-5-9-7-3-6-8-4-1/h3-4,6,9H,1-2,5,7H2/b6-3-,8-4?. The van der Waals surface area contributed by atoms with E-state index in [0.717, 1.165) is 19.5 Å². The van der Waals surface area contributed by atoms with Crippen LogP contribution in [0.25, 0.3) is 0 Å². The number of hydrogen-bond acceptors (Lipinski definition) is 2. The van der Waals surface area contributed by atoms with Crippen LogP contribution in [0.5, 0.6) is 0 Å². The fraction of sp³-hybridized carbons (Fsp3) is 0.571. The van der Waals surface area contributed by atoms with Crippen molar-refractivity contribution in [2.24, 2.45) is 4.99 Å². The molecule has 0 aromatic carbocycles. The molecule has 1 rings (SSSR count). The monoisotopic (exact) mass is 124 g/mol. The van der Waals surface area contributed by atoms with Crippen LogP contribution in [-0.2, 0) is 0 Å². The summed E-state index contributed by atoms with van der Waals surface area (Å²) in [5, 5.41) is 3.26. The molecule has 1 heterocycles. The minimum atomic E-state index is 0.956. The summed E-state index contributed by atoms with van der Waals surface area (Å²) < 4.78 is 0. The van der Waals surface area contributed by atoms with E-state index < -0.39 is 0 Å². The van der Waals surface area contributed by atoms with Gasteiger partial charge in [0, 0.05) is 19.0 Å². The predicted molar refractivity (Wildman–Crippen MR) is 39.7 cm³/mol. The summed E-state index contributed by atoms with van der Waals surface area (Å²) in [6.45, 7) is 2.06. The van der Waals surface area contributed by atoms with Gasteiger partial charge in [0.25, 0.3) is 0 Å². The average molecular weight is 124 g/mol. The first-order chi connectivity index (χ1) is 4.50. The quantitative estimate of drug-likeness (QED) is 0.511. The molecule has 0 saturated carbocycles. The number of hydrogen-bond donors (Lipinski definition) is 1.